The molecule has 5 nitrogen and oxygen atoms in total. The molecule has 13 rings (SSSR count). The minimum absolute atomic E-state index is 0.536. The third-order valence-corrected chi connectivity index (χ3v) is 12.3. The second kappa shape index (κ2) is 13.6. The molecule has 0 atom stereocenters. The largest absolute Gasteiger partial charge is 0.455 e. The van der Waals surface area contributed by atoms with Gasteiger partial charge in [-0.15, -0.1) is 0 Å². The fourth-order valence-electron chi connectivity index (χ4n) is 9.31. The maximum atomic E-state index is 6.74. The average Bonchev–Trinajstić information content (AvgIpc) is 3.91. The van der Waals surface area contributed by atoms with Gasteiger partial charge >= 0.3 is 0 Å². The third kappa shape index (κ3) is 5.45. The zero-order chi connectivity index (χ0) is 40.7. The van der Waals surface area contributed by atoms with Crippen molar-refractivity contribution in [2.75, 3.05) is 0 Å². The van der Waals surface area contributed by atoms with Crippen molar-refractivity contribution in [3.8, 4) is 56.4 Å². The Morgan fingerprint density at radius 3 is 1.58 bits per heavy atom. The van der Waals surface area contributed by atoms with Crippen LogP contribution >= 0.6 is 0 Å². The number of rotatable bonds is 5. The minimum Gasteiger partial charge on any atom is -0.455 e. The summed E-state index contributed by atoms with van der Waals surface area (Å²) in [6, 6.07) is 69.9. The predicted octanol–water partition coefficient (Wildman–Crippen LogP) is 15.5. The van der Waals surface area contributed by atoms with E-state index in [0.29, 0.717) is 17.5 Å². The molecular weight excluding hydrogens is 759 g/mol. The highest BCUT2D eigenvalue weighted by Crippen LogP contribution is 2.42. The highest BCUT2D eigenvalue weighted by Gasteiger charge is 2.21. The van der Waals surface area contributed by atoms with Crippen molar-refractivity contribution in [3.05, 3.63) is 200 Å². The molecule has 0 saturated carbocycles. The van der Waals surface area contributed by atoms with Crippen LogP contribution in [0.25, 0.3) is 133 Å². The van der Waals surface area contributed by atoms with Crippen LogP contribution in [0.15, 0.2) is 209 Å². The number of benzene rings is 10. The molecule has 0 radical (unpaired) electrons. The molecule has 0 N–H and O–H groups in total. The lowest BCUT2D eigenvalue weighted by atomic mass is 9.95. The van der Waals surface area contributed by atoms with Gasteiger partial charge in [-0.2, -0.15) is 0 Å². The summed E-state index contributed by atoms with van der Waals surface area (Å²) in [5.41, 5.74) is 10.2. The Balaban J connectivity index is 1.03. The van der Waals surface area contributed by atoms with E-state index in [1.807, 2.05) is 24.3 Å². The topological polar surface area (TPSA) is 65.0 Å². The lowest BCUT2D eigenvalue weighted by molar-refractivity contribution is 0.669. The molecule has 10 aromatic carbocycles. The van der Waals surface area contributed by atoms with Gasteiger partial charge in [0.15, 0.2) is 17.5 Å². The maximum absolute atomic E-state index is 6.74. The van der Waals surface area contributed by atoms with Crippen molar-refractivity contribution in [1.82, 2.24) is 15.0 Å². The molecule has 62 heavy (non-hydrogen) atoms. The summed E-state index contributed by atoms with van der Waals surface area (Å²) < 4.78 is 13.3. The molecule has 0 aliphatic heterocycles. The second-order valence-electron chi connectivity index (χ2n) is 15.9. The first-order valence-corrected chi connectivity index (χ1v) is 20.8. The van der Waals surface area contributed by atoms with Crippen LogP contribution in [0.5, 0.6) is 0 Å². The molecule has 0 saturated heterocycles. The van der Waals surface area contributed by atoms with Crippen molar-refractivity contribution >= 4 is 76.2 Å². The van der Waals surface area contributed by atoms with Gasteiger partial charge in [-0.1, -0.05) is 164 Å². The number of furan rings is 2. The molecular formula is C57H33N3O2. The van der Waals surface area contributed by atoms with Crippen LogP contribution in [-0.4, -0.2) is 15.0 Å². The SMILES string of the molecule is c1ccc2cc3c(cc2c1)oc1c(-c2cc(-c4nc(-c5ccc(-c6cccc7ccccc67)cc5)nc(-c5cccc6c5oc5ccccc56)n4)c4ccccc4c2)cccc13. The van der Waals surface area contributed by atoms with E-state index in [9.17, 15) is 0 Å². The van der Waals surface area contributed by atoms with Gasteiger partial charge < -0.3 is 8.83 Å². The normalized spacial score (nSPS) is 11.9. The number of hydrogen-bond acceptors (Lipinski definition) is 5. The Morgan fingerprint density at radius 2 is 0.774 bits per heavy atom. The van der Waals surface area contributed by atoms with Crippen molar-refractivity contribution in [2.45, 2.75) is 0 Å². The highest BCUT2D eigenvalue weighted by atomic mass is 16.3. The average molecular weight is 792 g/mol. The number of para-hydroxylation sites is 3. The lowest BCUT2D eigenvalue weighted by Crippen LogP contribution is -2.01. The summed E-state index contributed by atoms with van der Waals surface area (Å²) in [4.78, 5) is 15.9. The molecule has 0 amide bonds. The van der Waals surface area contributed by atoms with Gasteiger partial charge in [0, 0.05) is 38.2 Å². The smallest absolute Gasteiger partial charge is 0.167 e. The summed E-state index contributed by atoms with van der Waals surface area (Å²) in [5.74, 6) is 1.68. The van der Waals surface area contributed by atoms with E-state index in [1.54, 1.807) is 0 Å². The summed E-state index contributed by atoms with van der Waals surface area (Å²) in [5, 5.41) is 11.1. The summed E-state index contributed by atoms with van der Waals surface area (Å²) >= 11 is 0. The number of fused-ring (bicyclic) bond motifs is 9. The Kier molecular flexibility index (Phi) is 7.54. The Labute approximate surface area is 355 Å². The maximum Gasteiger partial charge on any atom is 0.167 e. The molecule has 0 bridgehead atoms. The van der Waals surface area contributed by atoms with Crippen LogP contribution in [-0.2, 0) is 0 Å². The standard InChI is InChI=1S/C57H33N3O2/c1-2-14-38-33-52-49(31-37(38)13-1)47-23-10-21-44(53(47)62-52)40-30-39-15-4-6-18-43(39)50(32-40)57-59-55(36-28-26-35(27-29-36)42-20-9-16-34-12-3-5-17-41(34)42)58-56(60-57)48-24-11-22-46-45-19-7-8-25-51(45)61-54(46)48/h1-33H. The van der Waals surface area contributed by atoms with Crippen LogP contribution in [0, 0.1) is 0 Å². The fourth-order valence-corrected chi connectivity index (χ4v) is 9.31. The zero-order valence-corrected chi connectivity index (χ0v) is 33.2. The van der Waals surface area contributed by atoms with E-state index in [1.165, 1.54) is 21.7 Å². The molecule has 288 valence electrons. The van der Waals surface area contributed by atoms with E-state index in [0.717, 1.165) is 93.4 Å². The number of aromatic nitrogens is 3. The van der Waals surface area contributed by atoms with Gasteiger partial charge in [0.2, 0.25) is 0 Å². The van der Waals surface area contributed by atoms with E-state index in [-0.39, 0.29) is 0 Å². The van der Waals surface area contributed by atoms with Crippen LogP contribution in [0.3, 0.4) is 0 Å². The molecule has 0 aliphatic rings. The monoisotopic (exact) mass is 791 g/mol. The second-order valence-corrected chi connectivity index (χ2v) is 15.9. The van der Waals surface area contributed by atoms with Crippen molar-refractivity contribution < 1.29 is 8.83 Å². The Bertz CT molecular complexity index is 3930. The molecule has 0 unspecified atom stereocenters. The number of nitrogens with zero attached hydrogens (tertiary/aromatic N) is 3. The van der Waals surface area contributed by atoms with E-state index in [4.69, 9.17) is 23.8 Å². The molecule has 0 aliphatic carbocycles. The Morgan fingerprint density at radius 1 is 0.258 bits per heavy atom. The summed E-state index contributed by atoms with van der Waals surface area (Å²) in [6.07, 6.45) is 0. The van der Waals surface area contributed by atoms with Crippen LogP contribution in [0.1, 0.15) is 0 Å². The number of hydrogen-bond donors (Lipinski definition) is 0. The van der Waals surface area contributed by atoms with Gasteiger partial charge in [0.1, 0.15) is 22.3 Å². The van der Waals surface area contributed by atoms with Crippen LogP contribution in [0.2, 0.25) is 0 Å². The van der Waals surface area contributed by atoms with Gasteiger partial charge in [0.25, 0.3) is 0 Å². The molecule has 5 heteroatoms. The third-order valence-electron chi connectivity index (χ3n) is 12.3. The van der Waals surface area contributed by atoms with E-state index >= 15 is 0 Å². The minimum atomic E-state index is 0.536. The van der Waals surface area contributed by atoms with Crippen LogP contribution < -0.4 is 0 Å². The molecule has 0 spiro atoms. The first-order valence-electron chi connectivity index (χ1n) is 20.8. The summed E-state index contributed by atoms with van der Waals surface area (Å²) in [6.45, 7) is 0. The molecule has 3 aromatic heterocycles. The Hall–Kier alpha value is -8.41. The first kappa shape index (κ1) is 34.5. The van der Waals surface area contributed by atoms with Crippen molar-refractivity contribution in [2.24, 2.45) is 0 Å². The molecule has 3 heterocycles. The van der Waals surface area contributed by atoms with Crippen molar-refractivity contribution in [3.63, 3.8) is 0 Å². The predicted molar refractivity (Wildman–Crippen MR) is 254 cm³/mol. The molecule has 13 aromatic rings. The lowest BCUT2D eigenvalue weighted by Gasteiger charge is -2.13. The van der Waals surface area contributed by atoms with Crippen molar-refractivity contribution in [1.29, 1.82) is 0 Å². The quantitative estimate of drug-likeness (QED) is 0.174. The van der Waals surface area contributed by atoms with Crippen LogP contribution in [0.4, 0.5) is 0 Å². The van der Waals surface area contributed by atoms with Gasteiger partial charge in [-0.05, 0) is 85.4 Å². The summed E-state index contributed by atoms with van der Waals surface area (Å²) in [7, 11) is 0. The van der Waals surface area contributed by atoms with Gasteiger partial charge in [0.05, 0.1) is 5.56 Å². The van der Waals surface area contributed by atoms with E-state index < -0.39 is 0 Å². The molecule has 0 fully saturated rings. The van der Waals surface area contributed by atoms with Gasteiger partial charge in [-0.25, -0.2) is 15.0 Å². The van der Waals surface area contributed by atoms with E-state index in [2.05, 4.69) is 176 Å². The zero-order valence-electron chi connectivity index (χ0n) is 33.2. The van der Waals surface area contributed by atoms with Gasteiger partial charge in [-0.3, -0.25) is 0 Å². The first-order chi connectivity index (χ1) is 30.7. The highest BCUT2D eigenvalue weighted by molar-refractivity contribution is 6.14. The fraction of sp³-hybridized carbons (Fsp3) is 0.